The van der Waals surface area contributed by atoms with E-state index < -0.39 is 39.2 Å². The van der Waals surface area contributed by atoms with E-state index in [2.05, 4.69) is 10.6 Å². The van der Waals surface area contributed by atoms with Crippen LogP contribution in [0.1, 0.15) is 41.4 Å². The molecule has 5 N–H and O–H groups in total. The van der Waals surface area contributed by atoms with Gasteiger partial charge in [-0.05, 0) is 97.1 Å². The Morgan fingerprint density at radius 1 is 0.542 bits per heavy atom. The summed E-state index contributed by atoms with van der Waals surface area (Å²) in [5.41, 5.74) is -1.04. The molecule has 0 aromatic heterocycles. The van der Waals surface area contributed by atoms with Crippen LogP contribution in [-0.4, -0.2) is 60.7 Å². The number of para-hydroxylation sites is 2. The number of sulfone groups is 1. The van der Waals surface area contributed by atoms with Gasteiger partial charge >= 0.3 is 11.9 Å². The molecule has 14 nitrogen and oxygen atoms in total. The lowest BCUT2D eigenvalue weighted by molar-refractivity contribution is 0.0683. The number of hydrogen-bond acceptors (Lipinski definition) is 10. The summed E-state index contributed by atoms with van der Waals surface area (Å²) in [6.07, 6.45) is 7.00. The van der Waals surface area contributed by atoms with Gasteiger partial charge in [-0.2, -0.15) is 0 Å². The number of terminal acetylenes is 1. The summed E-state index contributed by atoms with van der Waals surface area (Å²) >= 11 is 0. The molecule has 59 heavy (non-hydrogen) atoms. The first-order valence-electron chi connectivity index (χ1n) is 17.4. The summed E-state index contributed by atoms with van der Waals surface area (Å²) in [6, 6.07) is 35.9. The second-order valence-corrected chi connectivity index (χ2v) is 14.0. The Labute approximate surface area is 338 Å². The Kier molecular flexibility index (Phi) is 14.0. The number of nitrogens with one attached hydrogen (secondary N) is 2. The summed E-state index contributed by atoms with van der Waals surface area (Å²) in [4.78, 5) is 49.6. The molecule has 0 aliphatic heterocycles. The summed E-state index contributed by atoms with van der Waals surface area (Å²) in [6.45, 7) is 0.304. The third kappa shape index (κ3) is 11.5. The number of aromatic carboxylic acids is 2. The molecular weight excluding hydrogens is 781 g/mol. The van der Waals surface area contributed by atoms with Gasteiger partial charge in [0.05, 0.1) is 32.0 Å². The number of carboxylic acids is 2. The van der Waals surface area contributed by atoms with Crippen LogP contribution in [0.15, 0.2) is 155 Å². The van der Waals surface area contributed by atoms with Crippen molar-refractivity contribution >= 4 is 45.0 Å². The molecule has 0 heterocycles. The Hall–Kier alpha value is -8.09. The number of anilines is 2. The van der Waals surface area contributed by atoms with E-state index >= 15 is 0 Å². The molecule has 0 radical (unpaired) electrons. The smallest absolute Gasteiger partial charge is 0.336 e. The van der Waals surface area contributed by atoms with Crippen LogP contribution in [0.2, 0.25) is 0 Å². The third-order valence-corrected chi connectivity index (χ3v) is 9.78. The maximum Gasteiger partial charge on any atom is 0.336 e. The summed E-state index contributed by atoms with van der Waals surface area (Å²) < 4.78 is 43.3. The molecule has 298 valence electrons. The topological polar surface area (TPSA) is 215 Å². The van der Waals surface area contributed by atoms with Gasteiger partial charge in [0, 0.05) is 11.4 Å². The number of phenols is 1. The predicted octanol–water partition coefficient (Wildman–Crippen LogP) is 7.24. The lowest BCUT2D eigenvalue weighted by Crippen LogP contribution is -2.17. The van der Waals surface area contributed by atoms with Gasteiger partial charge in [0.25, 0.3) is 11.8 Å². The number of benzene rings is 6. The van der Waals surface area contributed by atoms with E-state index in [4.69, 9.17) is 25.7 Å². The van der Waals surface area contributed by atoms with Crippen LogP contribution in [0.3, 0.4) is 0 Å². The summed E-state index contributed by atoms with van der Waals surface area (Å²) in [5, 5.41) is 33.1. The monoisotopic (exact) mass is 814 g/mol. The van der Waals surface area contributed by atoms with Crippen LogP contribution in [0.4, 0.5) is 11.4 Å². The van der Waals surface area contributed by atoms with E-state index in [0.717, 1.165) is 6.07 Å². The first kappa shape index (κ1) is 42.1. The van der Waals surface area contributed by atoms with Gasteiger partial charge in [-0.3, -0.25) is 9.59 Å². The van der Waals surface area contributed by atoms with Crippen molar-refractivity contribution in [3.63, 3.8) is 0 Å². The highest BCUT2D eigenvalue weighted by atomic mass is 32.2. The van der Waals surface area contributed by atoms with Crippen LogP contribution in [0.25, 0.3) is 0 Å². The van der Waals surface area contributed by atoms with Gasteiger partial charge < -0.3 is 40.2 Å². The fourth-order valence-electron chi connectivity index (χ4n) is 5.30. The zero-order chi connectivity index (χ0) is 42.4. The number of aromatic hydroxyl groups is 1. The second kappa shape index (κ2) is 19.7. The largest absolute Gasteiger partial charge is 0.508 e. The van der Waals surface area contributed by atoms with Crippen LogP contribution >= 0.6 is 0 Å². The Morgan fingerprint density at radius 2 is 1.00 bits per heavy atom. The van der Waals surface area contributed by atoms with E-state index in [0.29, 0.717) is 11.5 Å². The predicted molar refractivity (Wildman–Crippen MR) is 216 cm³/mol. The number of carboxylic acid groups (broad SMARTS) is 2. The molecule has 0 fully saturated rings. The summed E-state index contributed by atoms with van der Waals surface area (Å²) in [7, 11) is -4.23. The van der Waals surface area contributed by atoms with Crippen molar-refractivity contribution in [1.29, 1.82) is 0 Å². The average molecular weight is 815 g/mol. The number of rotatable bonds is 14. The second-order valence-electron chi connectivity index (χ2n) is 12.1. The van der Waals surface area contributed by atoms with Gasteiger partial charge in [-0.15, -0.1) is 0 Å². The van der Waals surface area contributed by atoms with Crippen molar-refractivity contribution in [2.45, 2.75) is 9.79 Å². The lowest BCUT2D eigenvalue weighted by atomic mass is 10.1. The number of carbonyl (C=O) groups is 4. The molecule has 0 bridgehead atoms. The molecule has 15 heteroatoms. The van der Waals surface area contributed by atoms with Crippen LogP contribution in [-0.2, 0) is 9.84 Å². The average Bonchev–Trinajstić information content (AvgIpc) is 3.23. The number of ether oxygens (including phenoxy) is 3. The lowest BCUT2D eigenvalue weighted by Gasteiger charge is -2.13. The SMILES string of the molecule is C#COc1ccc(C(=O)Nc2cccc(S(=O)(=O)c3cccc(NC(=O)c4ccc(OCCOc5ccccc5)cc4C(=O)O)c3)c2)c(C(=O)O)c1.Oc1ccccc1. The maximum atomic E-state index is 13.6. The van der Waals surface area contributed by atoms with E-state index in [1.807, 2.05) is 30.4 Å². The highest BCUT2D eigenvalue weighted by Gasteiger charge is 2.23. The standard InChI is InChI=1S/C38H28N2O11S.C6H6O/c1-2-49-27-14-16-31(33(22-27)37(43)44)35(41)39-24-8-6-12-29(20-24)52(47,48)30-13-7-9-25(21-30)40-36(42)32-17-15-28(23-34(32)38(45)46)51-19-18-50-26-10-4-3-5-11-26;7-6-4-2-1-3-5-6/h1,3-17,20-23H,18-19H2,(H,39,41)(H,40,42)(H,43,44)(H,45,46);1-5,7H. The molecule has 6 aromatic carbocycles. The molecule has 0 saturated heterocycles. The zero-order valence-electron chi connectivity index (χ0n) is 30.8. The molecule has 0 atom stereocenters. The molecule has 0 aliphatic rings. The molecule has 2 amide bonds. The van der Waals surface area contributed by atoms with Gasteiger partial charge in [0.1, 0.15) is 42.3 Å². The highest BCUT2D eigenvalue weighted by Crippen LogP contribution is 2.27. The molecule has 6 rings (SSSR count). The minimum absolute atomic E-state index is 0.0365. The molecule has 6 aromatic rings. The van der Waals surface area contributed by atoms with E-state index in [-0.39, 0.29) is 62.6 Å². The molecular formula is C44H34N2O12S. The quantitative estimate of drug-likeness (QED) is 0.0544. The van der Waals surface area contributed by atoms with Crippen LogP contribution in [0, 0.1) is 12.5 Å². The first-order valence-corrected chi connectivity index (χ1v) is 18.8. The fourth-order valence-corrected chi connectivity index (χ4v) is 6.65. The van der Waals surface area contributed by atoms with Crippen molar-refractivity contribution < 1.29 is 57.1 Å². The normalized spacial score (nSPS) is 10.4. The van der Waals surface area contributed by atoms with Gasteiger partial charge in [-0.25, -0.2) is 18.0 Å². The minimum atomic E-state index is -4.23. The number of amides is 2. The van der Waals surface area contributed by atoms with E-state index in [9.17, 15) is 37.8 Å². The van der Waals surface area contributed by atoms with Gasteiger partial charge in [-0.1, -0.05) is 55.0 Å². The Morgan fingerprint density at radius 3 is 1.46 bits per heavy atom. The Balaban J connectivity index is 0.000000854. The van der Waals surface area contributed by atoms with Crippen molar-refractivity contribution in [2.75, 3.05) is 23.8 Å². The van der Waals surface area contributed by atoms with Crippen molar-refractivity contribution in [2.24, 2.45) is 0 Å². The molecule has 0 unspecified atom stereocenters. The maximum absolute atomic E-state index is 13.6. The molecule has 0 spiro atoms. The van der Waals surface area contributed by atoms with Crippen molar-refractivity contribution in [3.05, 3.63) is 168 Å². The zero-order valence-corrected chi connectivity index (χ0v) is 31.6. The van der Waals surface area contributed by atoms with Gasteiger partial charge in [0.15, 0.2) is 0 Å². The van der Waals surface area contributed by atoms with E-state index in [1.165, 1.54) is 78.9 Å². The first-order chi connectivity index (χ1) is 28.3. The third-order valence-electron chi connectivity index (χ3n) is 8.03. The van der Waals surface area contributed by atoms with Crippen LogP contribution in [0.5, 0.6) is 23.0 Å². The molecule has 0 saturated carbocycles. The highest BCUT2D eigenvalue weighted by molar-refractivity contribution is 7.91. The number of phenolic OH excluding ortho intramolecular Hbond substituents is 1. The number of hydrogen-bond donors (Lipinski definition) is 5. The van der Waals surface area contributed by atoms with Crippen molar-refractivity contribution in [1.82, 2.24) is 0 Å². The van der Waals surface area contributed by atoms with E-state index in [1.54, 1.807) is 36.4 Å². The molecule has 0 aliphatic carbocycles. The minimum Gasteiger partial charge on any atom is -0.508 e. The fraction of sp³-hybridized carbons (Fsp3) is 0.0455. The number of carbonyl (C=O) groups excluding carboxylic acids is 2. The van der Waals surface area contributed by atoms with Crippen LogP contribution < -0.4 is 24.8 Å². The van der Waals surface area contributed by atoms with Gasteiger partial charge in [0.2, 0.25) is 9.84 Å². The Bertz CT molecular complexity index is 2630. The summed E-state index contributed by atoms with van der Waals surface area (Å²) in [5.74, 6) is -3.23. The van der Waals surface area contributed by atoms with Crippen molar-refractivity contribution in [3.8, 4) is 35.5 Å².